The van der Waals surface area contributed by atoms with Crippen LogP contribution in [-0.2, 0) is 0 Å². The zero-order valence-corrected chi connectivity index (χ0v) is 18.4. The Morgan fingerprint density at radius 3 is 1.88 bits per heavy atom. The molecule has 0 atom stereocenters. The van der Waals surface area contributed by atoms with Crippen LogP contribution in [0.1, 0.15) is 0 Å². The Bertz CT molecular complexity index is 1960. The molecule has 0 saturated carbocycles. The average Bonchev–Trinajstić information content (AvgIpc) is 3.23. The van der Waals surface area contributed by atoms with Crippen molar-refractivity contribution in [2.45, 2.75) is 0 Å². The first-order valence-corrected chi connectivity index (χ1v) is 11.7. The quantitative estimate of drug-likeness (QED) is 0.237. The van der Waals surface area contributed by atoms with E-state index < -0.39 is 0 Å². The highest BCUT2D eigenvalue weighted by molar-refractivity contribution is 6.29. The van der Waals surface area contributed by atoms with Crippen LogP contribution in [-0.4, -0.2) is 4.98 Å². The number of rotatable bonds is 1. The van der Waals surface area contributed by atoms with Crippen LogP contribution in [0, 0.1) is 0 Å². The molecule has 34 heavy (non-hydrogen) atoms. The lowest BCUT2D eigenvalue weighted by Crippen LogP contribution is -1.89. The fourth-order valence-electron chi connectivity index (χ4n) is 6.01. The summed E-state index contributed by atoms with van der Waals surface area (Å²) < 4.78 is 0. The van der Waals surface area contributed by atoms with Gasteiger partial charge in [-0.3, -0.25) is 4.98 Å². The molecule has 0 radical (unpaired) electrons. The third-order valence-electron chi connectivity index (χ3n) is 7.44. The van der Waals surface area contributed by atoms with E-state index in [4.69, 9.17) is 0 Å². The van der Waals surface area contributed by atoms with Gasteiger partial charge >= 0.3 is 0 Å². The van der Waals surface area contributed by atoms with Crippen molar-refractivity contribution in [3.8, 4) is 33.4 Å². The molecule has 1 heterocycles. The molecule has 0 spiro atoms. The van der Waals surface area contributed by atoms with Crippen molar-refractivity contribution in [1.29, 1.82) is 0 Å². The second kappa shape index (κ2) is 6.52. The Labute approximate surface area is 196 Å². The lowest BCUT2D eigenvalue weighted by molar-refractivity contribution is 1.41. The average molecular weight is 430 g/mol. The summed E-state index contributed by atoms with van der Waals surface area (Å²) in [6, 6.07) is 39.9. The Morgan fingerprint density at radius 2 is 0.971 bits per heavy atom. The van der Waals surface area contributed by atoms with Gasteiger partial charge in [-0.2, -0.15) is 0 Å². The van der Waals surface area contributed by atoms with Crippen molar-refractivity contribution in [1.82, 2.24) is 4.98 Å². The van der Waals surface area contributed by atoms with Gasteiger partial charge < -0.3 is 0 Å². The number of pyridine rings is 1. The van der Waals surface area contributed by atoms with E-state index in [1.165, 1.54) is 71.1 Å². The molecule has 0 fully saturated rings. The van der Waals surface area contributed by atoms with Crippen molar-refractivity contribution in [2.75, 3.05) is 0 Å². The van der Waals surface area contributed by atoms with Gasteiger partial charge in [0.05, 0.1) is 5.52 Å². The normalized spacial score (nSPS) is 12.1. The largest absolute Gasteiger partial charge is 0.256 e. The van der Waals surface area contributed by atoms with Crippen LogP contribution in [0.15, 0.2) is 115 Å². The van der Waals surface area contributed by atoms with Crippen LogP contribution in [0.2, 0.25) is 0 Å². The maximum absolute atomic E-state index is 4.61. The molecule has 0 N–H and O–H groups in total. The summed E-state index contributed by atoms with van der Waals surface area (Å²) in [5.41, 5.74) is 8.88. The summed E-state index contributed by atoms with van der Waals surface area (Å²) in [6.07, 6.45) is 1.87. The van der Waals surface area contributed by atoms with E-state index >= 15 is 0 Å². The second-order valence-corrected chi connectivity index (χ2v) is 9.14. The van der Waals surface area contributed by atoms with Gasteiger partial charge in [-0.1, -0.05) is 84.9 Å². The van der Waals surface area contributed by atoms with Gasteiger partial charge in [0.25, 0.3) is 0 Å². The highest BCUT2D eigenvalue weighted by Crippen LogP contribution is 2.50. The maximum Gasteiger partial charge on any atom is 0.0708 e. The standard InChI is InChI=1S/C33H19N/c1-4-11-23-20(8-1)26-13-5-14-27-30-18-28(24-12-6-16-32-25(24)15-7-17-34-32)21-9-2-3-10-22(21)29(30)19-31(23)33(26)27/h1-19H. The zero-order chi connectivity index (χ0) is 22.2. The first-order chi connectivity index (χ1) is 16.9. The lowest BCUT2D eigenvalue weighted by Gasteiger charge is -2.15. The molecule has 0 saturated heterocycles. The third kappa shape index (κ3) is 2.26. The van der Waals surface area contributed by atoms with Crippen LogP contribution in [0.4, 0.5) is 0 Å². The Kier molecular flexibility index (Phi) is 3.45. The predicted molar refractivity (Wildman–Crippen MR) is 144 cm³/mol. The van der Waals surface area contributed by atoms with Gasteiger partial charge in [-0.15, -0.1) is 0 Å². The Hall–Kier alpha value is -4.49. The molecule has 7 aromatic rings. The number of fused-ring (bicyclic) bond motifs is 8. The molecule has 1 aliphatic carbocycles. The highest BCUT2D eigenvalue weighted by atomic mass is 14.6. The van der Waals surface area contributed by atoms with Gasteiger partial charge in [0.1, 0.15) is 0 Å². The minimum Gasteiger partial charge on any atom is -0.256 e. The summed E-state index contributed by atoms with van der Waals surface area (Å²) in [4.78, 5) is 4.61. The molecule has 0 aliphatic heterocycles. The van der Waals surface area contributed by atoms with Crippen LogP contribution in [0.25, 0.3) is 76.6 Å². The van der Waals surface area contributed by atoms with E-state index in [2.05, 4.69) is 108 Å². The van der Waals surface area contributed by atoms with Gasteiger partial charge in [0.15, 0.2) is 0 Å². The van der Waals surface area contributed by atoms with Crippen molar-refractivity contribution in [2.24, 2.45) is 0 Å². The minimum atomic E-state index is 1.03. The summed E-state index contributed by atoms with van der Waals surface area (Å²) in [5.74, 6) is 0. The first-order valence-electron chi connectivity index (χ1n) is 11.7. The zero-order valence-electron chi connectivity index (χ0n) is 18.4. The number of hydrogen-bond donors (Lipinski definition) is 0. The molecule has 1 nitrogen and oxygen atoms in total. The maximum atomic E-state index is 4.61. The Morgan fingerprint density at radius 1 is 0.353 bits per heavy atom. The number of benzene rings is 6. The molecule has 1 aliphatic rings. The van der Waals surface area contributed by atoms with Gasteiger partial charge in [0.2, 0.25) is 0 Å². The lowest BCUT2D eigenvalue weighted by atomic mass is 9.88. The van der Waals surface area contributed by atoms with Crippen LogP contribution in [0.3, 0.4) is 0 Å². The summed E-state index contributed by atoms with van der Waals surface area (Å²) in [5, 5.41) is 9.08. The van der Waals surface area contributed by atoms with E-state index in [1.807, 2.05) is 12.3 Å². The SMILES string of the molecule is c1ccc2c(c1)-c1cccc3c1c-2cc1c2ccccc2c(-c2cccc4ncccc24)cc31. The smallest absolute Gasteiger partial charge is 0.0708 e. The molecule has 1 aromatic heterocycles. The van der Waals surface area contributed by atoms with Crippen LogP contribution >= 0.6 is 0 Å². The molecule has 0 bridgehead atoms. The molecule has 8 rings (SSSR count). The van der Waals surface area contributed by atoms with E-state index in [1.54, 1.807) is 0 Å². The van der Waals surface area contributed by atoms with E-state index in [0.29, 0.717) is 0 Å². The molecular formula is C33H19N. The van der Waals surface area contributed by atoms with Gasteiger partial charge in [-0.05, 0) is 90.0 Å². The molecule has 1 heteroatoms. The van der Waals surface area contributed by atoms with Crippen molar-refractivity contribution in [3.05, 3.63) is 115 Å². The number of hydrogen-bond acceptors (Lipinski definition) is 1. The van der Waals surface area contributed by atoms with E-state index in [9.17, 15) is 0 Å². The van der Waals surface area contributed by atoms with Gasteiger partial charge in [-0.25, -0.2) is 0 Å². The number of nitrogens with zero attached hydrogens (tertiary/aromatic N) is 1. The van der Waals surface area contributed by atoms with Gasteiger partial charge in [0, 0.05) is 11.6 Å². The Balaban J connectivity index is 1.59. The van der Waals surface area contributed by atoms with Crippen molar-refractivity contribution in [3.63, 3.8) is 0 Å². The van der Waals surface area contributed by atoms with Crippen LogP contribution < -0.4 is 0 Å². The molecular weight excluding hydrogens is 410 g/mol. The molecule has 0 amide bonds. The molecule has 156 valence electrons. The van der Waals surface area contributed by atoms with Crippen molar-refractivity contribution < 1.29 is 0 Å². The van der Waals surface area contributed by atoms with Crippen molar-refractivity contribution >= 4 is 43.2 Å². The first kappa shape index (κ1) is 18.0. The number of aromatic nitrogens is 1. The summed E-state index contributed by atoms with van der Waals surface area (Å²) in [6.45, 7) is 0. The summed E-state index contributed by atoms with van der Waals surface area (Å²) >= 11 is 0. The fraction of sp³-hybridized carbons (Fsp3) is 0. The second-order valence-electron chi connectivity index (χ2n) is 9.14. The van der Waals surface area contributed by atoms with E-state index in [-0.39, 0.29) is 0 Å². The molecule has 6 aromatic carbocycles. The predicted octanol–water partition coefficient (Wildman–Crippen LogP) is 9.01. The van der Waals surface area contributed by atoms with Crippen LogP contribution in [0.5, 0.6) is 0 Å². The highest BCUT2D eigenvalue weighted by Gasteiger charge is 2.23. The molecule has 0 unspecified atom stereocenters. The fourth-order valence-corrected chi connectivity index (χ4v) is 6.01. The minimum absolute atomic E-state index is 1.03. The topological polar surface area (TPSA) is 12.9 Å². The van der Waals surface area contributed by atoms with E-state index in [0.717, 1.165) is 5.52 Å². The summed E-state index contributed by atoms with van der Waals surface area (Å²) in [7, 11) is 0. The third-order valence-corrected chi connectivity index (χ3v) is 7.44. The monoisotopic (exact) mass is 429 g/mol.